The van der Waals surface area contributed by atoms with Crippen molar-refractivity contribution in [3.8, 4) is 11.5 Å². The van der Waals surface area contributed by atoms with Crippen LogP contribution in [0, 0.1) is 0 Å². The maximum atomic E-state index is 12.9. The number of benzene rings is 2. The Morgan fingerprint density at radius 1 is 0.968 bits per heavy atom. The topological polar surface area (TPSA) is 106 Å². The molecule has 2 aromatic carbocycles. The molecule has 2 heterocycles. The third-order valence-corrected chi connectivity index (χ3v) is 5.77. The molecule has 0 saturated carbocycles. The Morgan fingerprint density at radius 3 is 2.39 bits per heavy atom. The molecule has 3 aromatic rings. The maximum Gasteiger partial charge on any atom is 0.328 e. The van der Waals surface area contributed by atoms with Gasteiger partial charge in [0.05, 0.1) is 36.5 Å². The number of nitrogens with zero attached hydrogens (tertiary/aromatic N) is 3. The molecule has 1 fully saturated rings. The average molecular weight is 425 g/mol. The Kier molecular flexibility index (Phi) is 5.85. The summed E-state index contributed by atoms with van der Waals surface area (Å²) in [5.41, 5.74) is 6.98. The largest absolute Gasteiger partial charge is 0.495 e. The minimum absolute atomic E-state index is 0.311. The van der Waals surface area contributed by atoms with Gasteiger partial charge in [0.15, 0.2) is 0 Å². The summed E-state index contributed by atoms with van der Waals surface area (Å²) in [6.07, 6.45) is 0. The zero-order chi connectivity index (χ0) is 22.0. The number of methoxy groups -OCH3 is 2. The van der Waals surface area contributed by atoms with Crippen molar-refractivity contribution in [1.82, 2.24) is 14.5 Å². The van der Waals surface area contributed by atoms with Gasteiger partial charge in [-0.3, -0.25) is 14.3 Å². The number of piperazine rings is 1. The first kappa shape index (κ1) is 20.8. The highest BCUT2D eigenvalue weighted by Gasteiger charge is 2.20. The molecule has 0 atom stereocenters. The number of H-pyrrole nitrogens is 1. The van der Waals surface area contributed by atoms with Crippen molar-refractivity contribution < 1.29 is 9.47 Å². The third-order valence-electron chi connectivity index (χ3n) is 5.77. The highest BCUT2D eigenvalue weighted by molar-refractivity contribution is 5.84. The molecule has 164 valence electrons. The van der Waals surface area contributed by atoms with Gasteiger partial charge in [0.1, 0.15) is 11.5 Å². The Labute approximate surface area is 179 Å². The molecule has 1 saturated heterocycles. The minimum Gasteiger partial charge on any atom is -0.495 e. The van der Waals surface area contributed by atoms with E-state index in [4.69, 9.17) is 15.2 Å². The second-order valence-corrected chi connectivity index (χ2v) is 7.53. The lowest BCUT2D eigenvalue weighted by Gasteiger charge is -2.36. The number of rotatable bonds is 6. The Bertz CT molecular complexity index is 1190. The molecule has 3 N–H and O–H groups in total. The van der Waals surface area contributed by atoms with E-state index in [1.54, 1.807) is 19.2 Å². The van der Waals surface area contributed by atoms with Crippen LogP contribution < -0.4 is 31.4 Å². The standard InChI is InChI=1S/C22H27N5O4/c1-30-19-6-4-3-5-18(19)26-10-7-25(8-11-26)9-12-27-21(28)15-13-20(31-2)16(23)14-17(15)24-22(27)29/h3-6,13-14H,7-12,23H2,1-2H3,(H,24,29). The molecule has 0 unspecified atom stereocenters. The normalized spacial score (nSPS) is 14.7. The number of nitrogens with two attached hydrogens (primary N) is 1. The molecule has 0 radical (unpaired) electrons. The summed E-state index contributed by atoms with van der Waals surface area (Å²) in [6, 6.07) is 11.1. The summed E-state index contributed by atoms with van der Waals surface area (Å²) >= 11 is 0. The summed E-state index contributed by atoms with van der Waals surface area (Å²) in [5, 5.41) is 0.381. The monoisotopic (exact) mass is 425 g/mol. The first-order chi connectivity index (χ1) is 15.0. The molecule has 9 heteroatoms. The number of hydrogen-bond acceptors (Lipinski definition) is 7. The van der Waals surface area contributed by atoms with Gasteiger partial charge in [-0.05, 0) is 24.3 Å². The number of hydrogen-bond donors (Lipinski definition) is 2. The van der Waals surface area contributed by atoms with Crippen LogP contribution in [0.4, 0.5) is 11.4 Å². The lowest BCUT2D eigenvalue weighted by Crippen LogP contribution is -2.48. The van der Waals surface area contributed by atoms with Crippen LogP contribution >= 0.6 is 0 Å². The van der Waals surface area contributed by atoms with Crippen LogP contribution in [0.3, 0.4) is 0 Å². The molecule has 31 heavy (non-hydrogen) atoms. The highest BCUT2D eigenvalue weighted by Crippen LogP contribution is 2.28. The molecule has 0 aliphatic carbocycles. The first-order valence-electron chi connectivity index (χ1n) is 10.2. The van der Waals surface area contributed by atoms with Crippen molar-refractivity contribution >= 4 is 22.3 Å². The van der Waals surface area contributed by atoms with Crippen molar-refractivity contribution in [2.24, 2.45) is 0 Å². The van der Waals surface area contributed by atoms with Gasteiger partial charge in [-0.15, -0.1) is 0 Å². The Morgan fingerprint density at radius 2 is 1.68 bits per heavy atom. The van der Waals surface area contributed by atoms with Gasteiger partial charge in [-0.1, -0.05) is 12.1 Å². The molecule has 1 aliphatic heterocycles. The smallest absolute Gasteiger partial charge is 0.328 e. The van der Waals surface area contributed by atoms with Gasteiger partial charge in [0, 0.05) is 39.3 Å². The van der Waals surface area contributed by atoms with Gasteiger partial charge in [-0.25, -0.2) is 4.79 Å². The lowest BCUT2D eigenvalue weighted by atomic mass is 10.2. The van der Waals surface area contributed by atoms with E-state index in [0.29, 0.717) is 35.4 Å². The van der Waals surface area contributed by atoms with E-state index in [2.05, 4.69) is 20.9 Å². The summed E-state index contributed by atoms with van der Waals surface area (Å²) in [5.74, 6) is 1.27. The lowest BCUT2D eigenvalue weighted by molar-refractivity contribution is 0.245. The van der Waals surface area contributed by atoms with E-state index < -0.39 is 5.69 Å². The third kappa shape index (κ3) is 4.09. The van der Waals surface area contributed by atoms with Crippen LogP contribution in [0.15, 0.2) is 46.0 Å². The number of anilines is 2. The van der Waals surface area contributed by atoms with Crippen molar-refractivity contribution in [2.75, 3.05) is 57.6 Å². The van der Waals surface area contributed by atoms with Crippen molar-refractivity contribution in [3.63, 3.8) is 0 Å². The summed E-state index contributed by atoms with van der Waals surface area (Å²) in [6.45, 7) is 4.29. The fraction of sp³-hybridized carbons (Fsp3) is 0.364. The van der Waals surface area contributed by atoms with E-state index in [1.807, 2.05) is 18.2 Å². The minimum atomic E-state index is -0.435. The SMILES string of the molecule is COc1cc2c(=O)n(CCN3CCN(c4ccccc4OC)CC3)c(=O)[nH]c2cc1N. The second kappa shape index (κ2) is 8.73. The van der Waals surface area contributed by atoms with E-state index in [9.17, 15) is 9.59 Å². The van der Waals surface area contributed by atoms with Crippen molar-refractivity contribution in [3.05, 3.63) is 57.2 Å². The number of aromatic nitrogens is 2. The molecule has 1 aromatic heterocycles. The van der Waals surface area contributed by atoms with Gasteiger partial charge >= 0.3 is 5.69 Å². The summed E-state index contributed by atoms with van der Waals surface area (Å²) < 4.78 is 11.9. The second-order valence-electron chi connectivity index (χ2n) is 7.53. The molecule has 9 nitrogen and oxygen atoms in total. The van der Waals surface area contributed by atoms with Crippen LogP contribution in [0.1, 0.15) is 0 Å². The molecular formula is C22H27N5O4. The molecule has 0 bridgehead atoms. The molecule has 1 aliphatic rings. The van der Waals surface area contributed by atoms with E-state index in [1.165, 1.54) is 11.7 Å². The van der Waals surface area contributed by atoms with Crippen LogP contribution in [0.5, 0.6) is 11.5 Å². The number of aromatic amines is 1. The van der Waals surface area contributed by atoms with Crippen LogP contribution in [-0.2, 0) is 6.54 Å². The fourth-order valence-electron chi connectivity index (χ4n) is 4.02. The van der Waals surface area contributed by atoms with Crippen molar-refractivity contribution in [2.45, 2.75) is 6.54 Å². The van der Waals surface area contributed by atoms with Gasteiger partial charge in [0.2, 0.25) is 0 Å². The fourth-order valence-corrected chi connectivity index (χ4v) is 4.02. The Balaban J connectivity index is 1.46. The van der Waals surface area contributed by atoms with Crippen LogP contribution in [0.25, 0.3) is 10.9 Å². The maximum absolute atomic E-state index is 12.9. The number of ether oxygens (including phenoxy) is 2. The molecular weight excluding hydrogens is 398 g/mol. The summed E-state index contributed by atoms with van der Waals surface area (Å²) in [4.78, 5) is 32.7. The average Bonchev–Trinajstić information content (AvgIpc) is 2.79. The zero-order valence-electron chi connectivity index (χ0n) is 17.8. The van der Waals surface area contributed by atoms with Gasteiger partial charge < -0.3 is 25.1 Å². The number of nitrogen functional groups attached to an aromatic ring is 1. The van der Waals surface area contributed by atoms with E-state index in [-0.39, 0.29) is 5.56 Å². The molecule has 0 spiro atoms. The molecule has 0 amide bonds. The predicted molar refractivity (Wildman–Crippen MR) is 121 cm³/mol. The first-order valence-corrected chi connectivity index (χ1v) is 10.2. The quantitative estimate of drug-likeness (QED) is 0.570. The van der Waals surface area contributed by atoms with Crippen molar-refractivity contribution in [1.29, 1.82) is 0 Å². The van der Waals surface area contributed by atoms with Crippen LogP contribution in [-0.4, -0.2) is 61.4 Å². The number of nitrogens with one attached hydrogen (secondary N) is 1. The summed E-state index contributed by atoms with van der Waals surface area (Å²) in [7, 11) is 3.17. The predicted octanol–water partition coefficient (Wildman–Crippen LogP) is 1.11. The van der Waals surface area contributed by atoms with E-state index >= 15 is 0 Å². The zero-order valence-corrected chi connectivity index (χ0v) is 17.8. The Hall–Kier alpha value is -3.46. The highest BCUT2D eigenvalue weighted by atomic mass is 16.5. The van der Waals surface area contributed by atoms with E-state index in [0.717, 1.165) is 37.6 Å². The number of para-hydroxylation sites is 2. The molecule has 4 rings (SSSR count). The number of fused-ring (bicyclic) bond motifs is 1. The van der Waals surface area contributed by atoms with Crippen LogP contribution in [0.2, 0.25) is 0 Å². The van der Waals surface area contributed by atoms with Gasteiger partial charge in [0.25, 0.3) is 5.56 Å². The van der Waals surface area contributed by atoms with Gasteiger partial charge in [-0.2, -0.15) is 0 Å².